The number of carbonyl (C=O) groups is 1. The smallest absolute Gasteiger partial charge is 0.187 e. The zero-order valence-electron chi connectivity index (χ0n) is 9.51. The molecule has 1 heterocycles. The topological polar surface area (TPSA) is 45.9 Å². The molecule has 0 aliphatic rings. The van der Waals surface area contributed by atoms with Crippen LogP contribution in [0.5, 0.6) is 0 Å². The summed E-state index contributed by atoms with van der Waals surface area (Å²) in [6.07, 6.45) is 6.64. The molecule has 0 spiro atoms. The number of nitrogens with zero attached hydrogens (tertiary/aromatic N) is 1. The monoisotopic (exact) mass is 302 g/mol. The Bertz CT molecular complexity index is 621. The molecule has 1 aromatic heterocycles. The summed E-state index contributed by atoms with van der Waals surface area (Å²) in [4.78, 5) is 11.8. The molecule has 1 aromatic carbocycles. The molecule has 0 fully saturated rings. The fourth-order valence-electron chi connectivity index (χ4n) is 1.40. The molecule has 0 bridgehead atoms. The number of ketones is 1. The van der Waals surface area contributed by atoms with E-state index in [2.05, 4.69) is 15.9 Å². The van der Waals surface area contributed by atoms with Gasteiger partial charge in [-0.2, -0.15) is 0 Å². The van der Waals surface area contributed by atoms with Gasteiger partial charge in [0.2, 0.25) is 0 Å². The first-order chi connectivity index (χ1) is 8.65. The maximum Gasteiger partial charge on any atom is 0.187 e. The number of hydrogen-bond donors (Lipinski definition) is 1. The van der Waals surface area contributed by atoms with Crippen LogP contribution in [0.25, 0.3) is 6.20 Å². The van der Waals surface area contributed by atoms with Gasteiger partial charge in [-0.05, 0) is 36.4 Å². The predicted octanol–water partition coefficient (Wildman–Crippen LogP) is 3.08. The lowest BCUT2D eigenvalue weighted by molar-refractivity contribution is 0.104. The number of carbonyl (C=O) groups excluding carboxylic acids is 1. The van der Waals surface area contributed by atoms with Crippen molar-refractivity contribution in [2.45, 2.75) is 0 Å². The van der Waals surface area contributed by atoms with Gasteiger partial charge < -0.3 is 9.98 Å². The van der Waals surface area contributed by atoms with Crippen molar-refractivity contribution in [3.05, 3.63) is 70.3 Å². The standard InChI is InChI=1S/C14H11BrN2O/c15-12-3-1-11(2-4-12)14(18)7-10-17-8-5-13(16)6-9-17/h1-10,16H/b10-7+. The van der Waals surface area contributed by atoms with Gasteiger partial charge in [0.05, 0.1) is 5.36 Å². The Hall–Kier alpha value is -1.94. The summed E-state index contributed by atoms with van der Waals surface area (Å²) in [7, 11) is 0. The Balaban J connectivity index is 2.14. The highest BCUT2D eigenvalue weighted by Crippen LogP contribution is 2.11. The Kier molecular flexibility index (Phi) is 3.89. The van der Waals surface area contributed by atoms with Crippen LogP contribution in [0.2, 0.25) is 0 Å². The summed E-state index contributed by atoms with van der Waals surface area (Å²) in [5, 5.41) is 7.80. The average Bonchev–Trinajstić information content (AvgIpc) is 2.38. The minimum absolute atomic E-state index is 0.0510. The molecule has 2 aromatic rings. The van der Waals surface area contributed by atoms with E-state index in [1.807, 2.05) is 12.1 Å². The van der Waals surface area contributed by atoms with Gasteiger partial charge in [0.1, 0.15) is 0 Å². The van der Waals surface area contributed by atoms with Gasteiger partial charge in [-0.25, -0.2) is 0 Å². The van der Waals surface area contributed by atoms with Gasteiger partial charge in [0.15, 0.2) is 5.78 Å². The number of pyridine rings is 1. The lowest BCUT2D eigenvalue weighted by Gasteiger charge is -1.98. The van der Waals surface area contributed by atoms with E-state index in [1.165, 1.54) is 6.08 Å². The maximum atomic E-state index is 11.8. The number of rotatable bonds is 3. The van der Waals surface area contributed by atoms with Crippen LogP contribution in [0, 0.1) is 5.41 Å². The molecule has 0 amide bonds. The van der Waals surface area contributed by atoms with E-state index < -0.39 is 0 Å². The molecule has 1 N–H and O–H groups in total. The van der Waals surface area contributed by atoms with Gasteiger partial charge in [0, 0.05) is 34.7 Å². The highest BCUT2D eigenvalue weighted by Gasteiger charge is 2.00. The third kappa shape index (κ3) is 3.28. The normalized spacial score (nSPS) is 10.7. The second-order valence-electron chi connectivity index (χ2n) is 3.72. The third-order valence-electron chi connectivity index (χ3n) is 2.38. The largest absolute Gasteiger partial charge is 0.330 e. The molecule has 18 heavy (non-hydrogen) atoms. The Morgan fingerprint density at radius 2 is 1.72 bits per heavy atom. The van der Waals surface area contributed by atoms with Crippen LogP contribution >= 0.6 is 15.9 Å². The number of halogens is 1. The molecule has 0 radical (unpaired) electrons. The number of hydrogen-bond acceptors (Lipinski definition) is 2. The van der Waals surface area contributed by atoms with E-state index in [0.29, 0.717) is 10.9 Å². The average molecular weight is 303 g/mol. The molecular formula is C14H11BrN2O. The van der Waals surface area contributed by atoms with Crippen molar-refractivity contribution in [2.75, 3.05) is 0 Å². The van der Waals surface area contributed by atoms with E-state index >= 15 is 0 Å². The van der Waals surface area contributed by atoms with Gasteiger partial charge in [0.25, 0.3) is 0 Å². The molecule has 0 atom stereocenters. The lowest BCUT2D eigenvalue weighted by atomic mass is 10.1. The van der Waals surface area contributed by atoms with Crippen molar-refractivity contribution in [3.63, 3.8) is 0 Å². The molecule has 4 heteroatoms. The van der Waals surface area contributed by atoms with E-state index in [-0.39, 0.29) is 5.78 Å². The second-order valence-corrected chi connectivity index (χ2v) is 4.64. The van der Waals surface area contributed by atoms with E-state index in [0.717, 1.165) is 4.47 Å². The second kappa shape index (κ2) is 5.60. The van der Waals surface area contributed by atoms with Crippen molar-refractivity contribution in [1.29, 1.82) is 5.41 Å². The van der Waals surface area contributed by atoms with Crippen molar-refractivity contribution in [1.82, 2.24) is 4.57 Å². The SMILES string of the molecule is N=c1ccn(/C=C/C(=O)c2ccc(Br)cc2)cc1. The maximum absolute atomic E-state index is 11.8. The summed E-state index contributed by atoms with van der Waals surface area (Å²) in [6.45, 7) is 0. The zero-order chi connectivity index (χ0) is 13.0. The Morgan fingerprint density at radius 3 is 2.33 bits per heavy atom. The van der Waals surface area contributed by atoms with Gasteiger partial charge in [-0.15, -0.1) is 0 Å². The highest BCUT2D eigenvalue weighted by molar-refractivity contribution is 9.10. The number of nitrogens with one attached hydrogen (secondary N) is 1. The molecular weight excluding hydrogens is 292 g/mol. The van der Waals surface area contributed by atoms with Crippen molar-refractivity contribution in [2.24, 2.45) is 0 Å². The molecule has 3 nitrogen and oxygen atoms in total. The first-order valence-corrected chi connectivity index (χ1v) is 6.15. The van der Waals surface area contributed by atoms with Crippen LogP contribution < -0.4 is 5.36 Å². The molecule has 90 valence electrons. The first kappa shape index (κ1) is 12.5. The van der Waals surface area contributed by atoms with Crippen molar-refractivity contribution < 1.29 is 4.79 Å². The highest BCUT2D eigenvalue weighted by atomic mass is 79.9. The van der Waals surface area contributed by atoms with Gasteiger partial charge >= 0.3 is 0 Å². The third-order valence-corrected chi connectivity index (χ3v) is 2.91. The fraction of sp³-hybridized carbons (Fsp3) is 0. The molecule has 0 aliphatic carbocycles. The van der Waals surface area contributed by atoms with E-state index in [1.54, 1.807) is 47.4 Å². The van der Waals surface area contributed by atoms with E-state index in [4.69, 9.17) is 5.41 Å². The van der Waals surface area contributed by atoms with E-state index in [9.17, 15) is 4.79 Å². The Morgan fingerprint density at radius 1 is 1.11 bits per heavy atom. The molecule has 2 rings (SSSR count). The minimum atomic E-state index is -0.0510. The Labute approximate surface area is 113 Å². The predicted molar refractivity (Wildman–Crippen MR) is 74.1 cm³/mol. The van der Waals surface area contributed by atoms with Gasteiger partial charge in [-0.1, -0.05) is 15.9 Å². The van der Waals surface area contributed by atoms with Crippen LogP contribution in [0.1, 0.15) is 10.4 Å². The number of aromatic nitrogens is 1. The summed E-state index contributed by atoms with van der Waals surface area (Å²) >= 11 is 3.33. The van der Waals surface area contributed by atoms with Gasteiger partial charge in [-0.3, -0.25) is 4.79 Å². The van der Waals surface area contributed by atoms with Crippen LogP contribution in [0.3, 0.4) is 0 Å². The summed E-state index contributed by atoms with van der Waals surface area (Å²) < 4.78 is 2.68. The number of benzene rings is 1. The summed E-state index contributed by atoms with van der Waals surface area (Å²) in [6, 6.07) is 10.5. The van der Waals surface area contributed by atoms with Crippen molar-refractivity contribution in [3.8, 4) is 0 Å². The van der Waals surface area contributed by atoms with Crippen LogP contribution in [0.15, 0.2) is 59.3 Å². The lowest BCUT2D eigenvalue weighted by Crippen LogP contribution is -2.00. The van der Waals surface area contributed by atoms with Crippen LogP contribution in [-0.4, -0.2) is 10.4 Å². The van der Waals surface area contributed by atoms with Crippen molar-refractivity contribution >= 4 is 27.9 Å². The quantitative estimate of drug-likeness (QED) is 0.687. The summed E-state index contributed by atoms with van der Waals surface area (Å²) in [5.41, 5.74) is 0.646. The molecule has 0 unspecified atom stereocenters. The molecule has 0 saturated carbocycles. The van der Waals surface area contributed by atoms with Crippen LogP contribution in [-0.2, 0) is 0 Å². The zero-order valence-corrected chi connectivity index (χ0v) is 11.1. The fourth-order valence-corrected chi connectivity index (χ4v) is 1.67. The van der Waals surface area contributed by atoms with Crippen LogP contribution in [0.4, 0.5) is 0 Å². The molecule has 0 aliphatic heterocycles. The molecule has 0 saturated heterocycles. The number of allylic oxidation sites excluding steroid dienone is 1. The summed E-state index contributed by atoms with van der Waals surface area (Å²) in [5.74, 6) is -0.0510. The first-order valence-electron chi connectivity index (χ1n) is 5.36. The minimum Gasteiger partial charge on any atom is -0.330 e.